The number of amides is 2. The van der Waals surface area contributed by atoms with E-state index >= 15 is 0 Å². The number of methoxy groups -OCH3 is 1. The maximum atomic E-state index is 14.9. The molecule has 2 amide bonds. The highest BCUT2D eigenvalue weighted by Crippen LogP contribution is 2.49. The number of hydrogen-bond donors (Lipinski definition) is 2. The summed E-state index contributed by atoms with van der Waals surface area (Å²) in [5, 5.41) is 0.514. The molecule has 1 aromatic heterocycles. The Bertz CT molecular complexity index is 1450. The van der Waals surface area contributed by atoms with Crippen LogP contribution >= 0.6 is 0 Å². The number of benzene rings is 1. The number of alkyl halides is 3. The SMILES string of the molecule is COC1CCC([C@@H]2CC[N@@+](C(=O)C3CCC([C@H](N)CF)CC3)(c3ccc4c(c3)cc3n4C(CF)(CF)OC3=O)[C@@H]2C(N)=O)CC1. The number of ether oxygens (including phenoxy) is 2. The number of quaternary nitrogens is 1. The zero-order valence-corrected chi connectivity index (χ0v) is 25.8. The molecule has 4 N–H and O–H groups in total. The molecule has 9 nitrogen and oxygen atoms in total. The normalized spacial score (nSPS) is 33.6. The number of fused-ring (bicyclic) bond motifs is 3. The Morgan fingerprint density at radius 2 is 1.73 bits per heavy atom. The number of cyclic esters (lactones) is 1. The average molecular weight is 634 g/mol. The molecule has 1 saturated heterocycles. The molecule has 0 spiro atoms. The molecule has 246 valence electrons. The molecule has 12 heteroatoms. The number of carbonyl (C=O) groups is 3. The fraction of sp³-hybridized carbons (Fsp3) is 0.667. The summed E-state index contributed by atoms with van der Waals surface area (Å²) in [5.41, 5.74) is 11.1. The zero-order valence-electron chi connectivity index (χ0n) is 25.8. The summed E-state index contributed by atoms with van der Waals surface area (Å²) in [4.78, 5) is 41.1. The van der Waals surface area contributed by atoms with Crippen molar-refractivity contribution in [2.45, 2.75) is 81.7 Å². The van der Waals surface area contributed by atoms with E-state index in [1.54, 1.807) is 25.3 Å². The summed E-state index contributed by atoms with van der Waals surface area (Å²) >= 11 is 0. The Morgan fingerprint density at radius 1 is 1.04 bits per heavy atom. The molecule has 2 aliphatic heterocycles. The minimum Gasteiger partial charge on any atom is -0.428 e. The molecule has 0 unspecified atom stereocenters. The number of likely N-dealkylation sites (tertiary alicyclic amines) is 1. The van der Waals surface area contributed by atoms with Crippen molar-refractivity contribution < 1.29 is 37.0 Å². The molecule has 45 heavy (non-hydrogen) atoms. The molecule has 6 rings (SSSR count). The fourth-order valence-corrected chi connectivity index (χ4v) is 9.08. The Morgan fingerprint density at radius 3 is 2.33 bits per heavy atom. The van der Waals surface area contributed by atoms with Crippen LogP contribution in [0, 0.1) is 23.7 Å². The molecule has 0 radical (unpaired) electrons. The molecular formula is C33H44F3N4O5+. The van der Waals surface area contributed by atoms with E-state index in [1.165, 1.54) is 10.6 Å². The van der Waals surface area contributed by atoms with Crippen molar-refractivity contribution in [3.05, 3.63) is 30.0 Å². The van der Waals surface area contributed by atoms with E-state index in [-0.39, 0.29) is 45.9 Å². The molecule has 2 saturated carbocycles. The number of esters is 1. The van der Waals surface area contributed by atoms with Crippen molar-refractivity contribution in [1.82, 2.24) is 9.05 Å². The summed E-state index contributed by atoms with van der Waals surface area (Å²) in [6.45, 7) is -2.71. The number of rotatable bonds is 9. The van der Waals surface area contributed by atoms with Gasteiger partial charge in [-0.05, 0) is 75.3 Å². The van der Waals surface area contributed by atoms with Gasteiger partial charge >= 0.3 is 11.9 Å². The number of carbonyl (C=O) groups excluding carboxylic acids is 3. The first-order chi connectivity index (χ1) is 21.6. The lowest BCUT2D eigenvalue weighted by Crippen LogP contribution is -2.65. The molecule has 3 heterocycles. The smallest absolute Gasteiger partial charge is 0.357 e. The van der Waals surface area contributed by atoms with Crippen LogP contribution in [0.2, 0.25) is 0 Å². The molecule has 2 aliphatic carbocycles. The Hall–Kier alpha value is -2.96. The van der Waals surface area contributed by atoms with Gasteiger partial charge in [0.25, 0.3) is 5.91 Å². The first-order valence-corrected chi connectivity index (χ1v) is 16.2. The highest BCUT2D eigenvalue weighted by Gasteiger charge is 2.61. The number of primary amides is 1. The fourth-order valence-electron chi connectivity index (χ4n) is 9.08. The minimum absolute atomic E-state index is 0.00663. The third-order valence-corrected chi connectivity index (χ3v) is 11.5. The second-order valence-electron chi connectivity index (χ2n) is 13.6. The molecule has 3 fully saturated rings. The van der Waals surface area contributed by atoms with Crippen molar-refractivity contribution >= 4 is 34.4 Å². The van der Waals surface area contributed by atoms with E-state index in [1.807, 2.05) is 0 Å². The monoisotopic (exact) mass is 633 g/mol. The number of halogens is 3. The van der Waals surface area contributed by atoms with Crippen LogP contribution in [0.3, 0.4) is 0 Å². The first-order valence-electron chi connectivity index (χ1n) is 16.2. The molecule has 4 atom stereocenters. The van der Waals surface area contributed by atoms with Crippen molar-refractivity contribution in [3.8, 4) is 0 Å². The zero-order chi connectivity index (χ0) is 32.1. The van der Waals surface area contributed by atoms with Crippen LogP contribution in [0.25, 0.3) is 10.9 Å². The van der Waals surface area contributed by atoms with E-state index in [0.717, 1.165) is 25.7 Å². The quantitative estimate of drug-likeness (QED) is 0.311. The lowest BCUT2D eigenvalue weighted by Gasteiger charge is -2.42. The van der Waals surface area contributed by atoms with E-state index in [2.05, 4.69) is 0 Å². The Balaban J connectivity index is 1.43. The first kappa shape index (κ1) is 32.0. The molecular weight excluding hydrogens is 589 g/mol. The van der Waals surface area contributed by atoms with Crippen molar-refractivity contribution in [1.29, 1.82) is 0 Å². The van der Waals surface area contributed by atoms with E-state index < -0.39 is 49.7 Å². The lowest BCUT2D eigenvalue weighted by atomic mass is 9.75. The van der Waals surface area contributed by atoms with Gasteiger partial charge in [-0.25, -0.2) is 27.2 Å². The van der Waals surface area contributed by atoms with Gasteiger partial charge in [0.1, 0.15) is 18.1 Å². The van der Waals surface area contributed by atoms with E-state index in [4.69, 9.17) is 20.9 Å². The minimum atomic E-state index is -2.08. The largest absolute Gasteiger partial charge is 0.428 e. The summed E-state index contributed by atoms with van der Waals surface area (Å²) in [5.74, 6) is -1.74. The van der Waals surface area contributed by atoms with Crippen LogP contribution < -0.4 is 16.0 Å². The van der Waals surface area contributed by atoms with Gasteiger partial charge in [0.05, 0.1) is 24.1 Å². The Labute approximate surface area is 260 Å². The van der Waals surface area contributed by atoms with Crippen LogP contribution in [0.4, 0.5) is 18.9 Å². The van der Waals surface area contributed by atoms with Crippen LogP contribution in [-0.2, 0) is 24.8 Å². The van der Waals surface area contributed by atoms with Crippen molar-refractivity contribution in [2.75, 3.05) is 33.7 Å². The summed E-state index contributed by atoms with van der Waals surface area (Å²) in [6.07, 6.45) is 6.61. The van der Waals surface area contributed by atoms with Crippen LogP contribution in [0.1, 0.15) is 68.3 Å². The highest BCUT2D eigenvalue weighted by atomic mass is 19.1. The van der Waals surface area contributed by atoms with E-state index in [0.29, 0.717) is 55.2 Å². The number of hydrogen-bond acceptors (Lipinski definition) is 6. The lowest BCUT2D eigenvalue weighted by molar-refractivity contribution is -0.142. The maximum absolute atomic E-state index is 14.9. The molecule has 0 bridgehead atoms. The van der Waals surface area contributed by atoms with Crippen LogP contribution in [-0.4, -0.2) is 74.2 Å². The van der Waals surface area contributed by atoms with Gasteiger partial charge in [-0.15, -0.1) is 0 Å². The third kappa shape index (κ3) is 5.07. The maximum Gasteiger partial charge on any atom is 0.357 e. The van der Waals surface area contributed by atoms with Gasteiger partial charge in [-0.3, -0.25) is 9.36 Å². The standard InChI is InChI=1S/C33H43F3N4O5/c1-44-24-9-6-19(7-10-24)25-12-13-40(29(25)30(38)41,31(42)21-4-2-20(3-5-21)26(37)16-34)23-8-11-27-22(14-23)15-28-32(43)45-33(17-35,18-36)39(27)28/h8,11,14-15,19-21,24-26,29H,2-7,9-10,12-13,16-18,37H2,1H3,(H-,38,41)/p+1/t19?,20?,21?,24?,25-,26+,29-,40+/m0/s1. The second-order valence-corrected chi connectivity index (χ2v) is 13.6. The van der Waals surface area contributed by atoms with Gasteiger partial charge in [-0.2, -0.15) is 0 Å². The van der Waals surface area contributed by atoms with Crippen LogP contribution in [0.15, 0.2) is 24.3 Å². The third-order valence-electron chi connectivity index (χ3n) is 11.5. The van der Waals surface area contributed by atoms with Gasteiger partial charge in [-0.1, -0.05) is 0 Å². The predicted octanol–water partition coefficient (Wildman–Crippen LogP) is 4.42. The summed E-state index contributed by atoms with van der Waals surface area (Å²) in [6, 6.07) is 5.29. The summed E-state index contributed by atoms with van der Waals surface area (Å²) in [7, 11) is 1.71. The van der Waals surface area contributed by atoms with Gasteiger partial charge in [0, 0.05) is 43.0 Å². The topological polar surface area (TPSA) is 127 Å². The van der Waals surface area contributed by atoms with Gasteiger partial charge in [0.15, 0.2) is 19.4 Å². The molecule has 2 aromatic rings. The average Bonchev–Trinajstić information content (AvgIpc) is 3.74. The van der Waals surface area contributed by atoms with Crippen molar-refractivity contribution in [2.24, 2.45) is 35.1 Å². The van der Waals surface area contributed by atoms with Crippen molar-refractivity contribution in [3.63, 3.8) is 0 Å². The molecule has 4 aliphatic rings. The number of nitrogens with two attached hydrogens (primary N) is 2. The van der Waals surface area contributed by atoms with Gasteiger partial charge in [0.2, 0.25) is 5.72 Å². The van der Waals surface area contributed by atoms with Gasteiger partial charge < -0.3 is 20.9 Å². The predicted molar refractivity (Wildman–Crippen MR) is 162 cm³/mol. The highest BCUT2D eigenvalue weighted by molar-refractivity contribution is 6.02. The Kier molecular flexibility index (Phi) is 8.77. The number of nitrogens with zero attached hydrogens (tertiary/aromatic N) is 2. The number of aromatic nitrogens is 1. The summed E-state index contributed by atoms with van der Waals surface area (Å²) < 4.78 is 53.3. The second kappa shape index (κ2) is 12.3. The molecule has 1 aromatic carbocycles. The van der Waals surface area contributed by atoms with E-state index in [9.17, 15) is 27.6 Å². The van der Waals surface area contributed by atoms with Crippen LogP contribution in [0.5, 0.6) is 0 Å².